The van der Waals surface area contributed by atoms with Gasteiger partial charge in [0.2, 0.25) is 0 Å². The minimum atomic E-state index is -0.376. The van der Waals surface area contributed by atoms with Crippen LogP contribution in [0.15, 0.2) is 23.9 Å². The molecule has 9 nitrogen and oxygen atoms in total. The average Bonchev–Trinajstić information content (AvgIpc) is 3.01. The summed E-state index contributed by atoms with van der Waals surface area (Å²) in [6.07, 6.45) is 0. The number of hydrogen-bond donors (Lipinski definition) is 0. The van der Waals surface area contributed by atoms with Crippen LogP contribution in [0.5, 0.6) is 11.5 Å². The number of rotatable bonds is 13. The van der Waals surface area contributed by atoms with Crippen molar-refractivity contribution in [2.75, 3.05) is 75.0 Å². The van der Waals surface area contributed by atoms with Gasteiger partial charge in [-0.05, 0) is 17.7 Å². The third-order valence-corrected chi connectivity index (χ3v) is 4.78. The molecule has 1 heterocycles. The van der Waals surface area contributed by atoms with E-state index in [4.69, 9.17) is 23.7 Å². The smallest absolute Gasteiger partial charge is 0.277 e. The van der Waals surface area contributed by atoms with Crippen LogP contribution >= 0.6 is 0 Å². The number of benzene rings is 1. The monoisotopic (exact) mass is 422 g/mol. The van der Waals surface area contributed by atoms with Gasteiger partial charge in [-0.15, -0.1) is 0 Å². The Morgan fingerprint density at radius 2 is 1.40 bits per heavy atom. The van der Waals surface area contributed by atoms with Gasteiger partial charge in [0.15, 0.2) is 11.5 Å². The third kappa shape index (κ3) is 5.10. The molecule has 1 aromatic rings. The Bertz CT molecular complexity index is 771. The first kappa shape index (κ1) is 23.7. The molecular weight excluding hydrogens is 392 g/mol. The van der Waals surface area contributed by atoms with Crippen molar-refractivity contribution >= 4 is 17.4 Å². The second kappa shape index (κ2) is 11.5. The van der Waals surface area contributed by atoms with Crippen LogP contribution in [0.25, 0.3) is 5.57 Å². The van der Waals surface area contributed by atoms with Gasteiger partial charge in [-0.25, -0.2) is 0 Å². The molecule has 0 spiro atoms. The number of hydrogen-bond acceptors (Lipinski definition) is 8. The van der Waals surface area contributed by atoms with Gasteiger partial charge >= 0.3 is 0 Å². The molecule has 0 aliphatic carbocycles. The zero-order chi connectivity index (χ0) is 22.1. The van der Waals surface area contributed by atoms with Crippen molar-refractivity contribution in [1.29, 1.82) is 0 Å². The number of amides is 2. The summed E-state index contributed by atoms with van der Waals surface area (Å²) in [6, 6.07) is 5.15. The summed E-state index contributed by atoms with van der Waals surface area (Å²) in [5.74, 6) is 0.262. The fourth-order valence-corrected chi connectivity index (χ4v) is 3.23. The first-order valence-corrected chi connectivity index (χ1v) is 9.58. The highest BCUT2D eigenvalue weighted by Gasteiger charge is 2.41. The molecular formula is C21H30N2O7. The molecule has 0 radical (unpaired) electrons. The number of carbonyl (C=O) groups excluding carboxylic acids is 2. The summed E-state index contributed by atoms with van der Waals surface area (Å²) in [5.41, 5.74) is 1.20. The molecule has 0 saturated heterocycles. The lowest BCUT2D eigenvalue weighted by Crippen LogP contribution is -2.39. The Hall–Kier alpha value is -2.62. The molecule has 0 aromatic heterocycles. The average molecular weight is 422 g/mol. The van der Waals surface area contributed by atoms with Gasteiger partial charge < -0.3 is 28.6 Å². The number of methoxy groups -OCH3 is 5. The highest BCUT2D eigenvalue weighted by molar-refractivity contribution is 6.35. The number of nitrogens with zero attached hydrogens (tertiary/aromatic N) is 2. The van der Waals surface area contributed by atoms with E-state index in [1.807, 2.05) is 4.90 Å². The van der Waals surface area contributed by atoms with Crippen LogP contribution in [-0.2, 0) is 23.8 Å². The first-order chi connectivity index (χ1) is 14.5. The lowest BCUT2D eigenvalue weighted by Gasteiger charge is -2.25. The van der Waals surface area contributed by atoms with E-state index >= 15 is 0 Å². The van der Waals surface area contributed by atoms with Crippen molar-refractivity contribution in [2.45, 2.75) is 0 Å². The van der Waals surface area contributed by atoms with Gasteiger partial charge in [0, 0.05) is 34.4 Å². The molecule has 1 aliphatic heterocycles. The normalized spacial score (nSPS) is 14.0. The van der Waals surface area contributed by atoms with Crippen LogP contribution in [0.4, 0.5) is 0 Å². The fourth-order valence-electron chi connectivity index (χ4n) is 3.23. The standard InChI is InChI=1S/C21H30N2O7/c1-26-11-8-22(9-12-27-2)19-18(20(24)23(21(19)25)10-13-28-3)15-6-7-16(29-4)17(14-15)30-5/h6-7,14H,8-13H2,1-5H3. The molecule has 2 rings (SSSR count). The number of ether oxygens (including phenoxy) is 5. The maximum absolute atomic E-state index is 13.3. The maximum Gasteiger partial charge on any atom is 0.277 e. The Morgan fingerprint density at radius 3 is 1.93 bits per heavy atom. The lowest BCUT2D eigenvalue weighted by molar-refractivity contribution is -0.138. The predicted molar refractivity (Wildman–Crippen MR) is 110 cm³/mol. The minimum Gasteiger partial charge on any atom is -0.493 e. The van der Waals surface area contributed by atoms with Gasteiger partial charge in [-0.3, -0.25) is 14.5 Å². The van der Waals surface area contributed by atoms with Crippen molar-refractivity contribution < 1.29 is 33.3 Å². The minimum absolute atomic E-state index is 0.164. The van der Waals surface area contributed by atoms with Crippen LogP contribution in [-0.4, -0.2) is 96.6 Å². The van der Waals surface area contributed by atoms with Crippen molar-refractivity contribution in [3.63, 3.8) is 0 Å². The van der Waals surface area contributed by atoms with Crippen LogP contribution < -0.4 is 9.47 Å². The van der Waals surface area contributed by atoms with Gasteiger partial charge in [0.1, 0.15) is 5.70 Å². The highest BCUT2D eigenvalue weighted by Crippen LogP contribution is 2.36. The molecule has 0 bridgehead atoms. The fraction of sp³-hybridized carbons (Fsp3) is 0.524. The zero-order valence-corrected chi connectivity index (χ0v) is 18.2. The van der Waals surface area contributed by atoms with Crippen LogP contribution in [0, 0.1) is 0 Å². The van der Waals surface area contributed by atoms with E-state index in [-0.39, 0.29) is 25.0 Å². The summed E-state index contributed by atoms with van der Waals surface area (Å²) >= 11 is 0. The molecule has 166 valence electrons. The molecule has 2 amide bonds. The first-order valence-electron chi connectivity index (χ1n) is 9.58. The summed E-state index contributed by atoms with van der Waals surface area (Å²) in [5, 5.41) is 0. The Labute approximate surface area is 177 Å². The molecule has 9 heteroatoms. The summed E-state index contributed by atoms with van der Waals surface area (Å²) in [6.45, 7) is 2.07. The third-order valence-electron chi connectivity index (χ3n) is 4.78. The number of imide groups is 1. The van der Waals surface area contributed by atoms with Gasteiger partial charge in [0.25, 0.3) is 11.8 Å². The molecule has 0 saturated carbocycles. The Balaban J connectivity index is 2.58. The zero-order valence-electron chi connectivity index (χ0n) is 18.2. The van der Waals surface area contributed by atoms with E-state index in [9.17, 15) is 9.59 Å². The van der Waals surface area contributed by atoms with E-state index < -0.39 is 0 Å². The molecule has 0 unspecified atom stereocenters. The van der Waals surface area contributed by atoms with Gasteiger partial charge in [-0.2, -0.15) is 0 Å². The van der Waals surface area contributed by atoms with Crippen LogP contribution in [0.2, 0.25) is 0 Å². The summed E-state index contributed by atoms with van der Waals surface area (Å²) < 4.78 is 26.2. The quantitative estimate of drug-likeness (QED) is 0.436. The largest absolute Gasteiger partial charge is 0.493 e. The van der Waals surface area contributed by atoms with Crippen LogP contribution in [0.3, 0.4) is 0 Å². The molecule has 1 aromatic carbocycles. The van der Waals surface area contributed by atoms with E-state index in [0.29, 0.717) is 54.6 Å². The van der Waals surface area contributed by atoms with E-state index in [1.54, 1.807) is 32.4 Å². The Kier molecular flexibility index (Phi) is 9.10. The van der Waals surface area contributed by atoms with Gasteiger partial charge in [0.05, 0.1) is 46.2 Å². The van der Waals surface area contributed by atoms with E-state index in [2.05, 4.69) is 0 Å². The van der Waals surface area contributed by atoms with Gasteiger partial charge in [-0.1, -0.05) is 6.07 Å². The number of carbonyl (C=O) groups is 2. The SMILES string of the molecule is COCCN(CCOC)C1=C(c2ccc(OC)c(OC)c2)C(=O)N(CCOC)C1=O. The van der Waals surface area contributed by atoms with Crippen LogP contribution in [0.1, 0.15) is 5.56 Å². The topological polar surface area (TPSA) is 86.8 Å². The summed E-state index contributed by atoms with van der Waals surface area (Å²) in [7, 11) is 7.76. The van der Waals surface area contributed by atoms with Crippen molar-refractivity contribution in [3.05, 3.63) is 29.5 Å². The van der Waals surface area contributed by atoms with E-state index in [1.165, 1.54) is 26.2 Å². The second-order valence-corrected chi connectivity index (χ2v) is 6.52. The van der Waals surface area contributed by atoms with Crippen molar-refractivity contribution in [3.8, 4) is 11.5 Å². The molecule has 0 N–H and O–H groups in total. The second-order valence-electron chi connectivity index (χ2n) is 6.52. The lowest BCUT2D eigenvalue weighted by atomic mass is 10.0. The van der Waals surface area contributed by atoms with Crippen molar-refractivity contribution in [1.82, 2.24) is 9.80 Å². The predicted octanol–water partition coefficient (Wildman–Crippen LogP) is 1.02. The molecule has 0 atom stereocenters. The summed E-state index contributed by atoms with van der Waals surface area (Å²) in [4.78, 5) is 29.6. The van der Waals surface area contributed by atoms with Crippen molar-refractivity contribution in [2.24, 2.45) is 0 Å². The highest BCUT2D eigenvalue weighted by atomic mass is 16.5. The van der Waals surface area contributed by atoms with E-state index in [0.717, 1.165) is 0 Å². The molecule has 0 fully saturated rings. The molecule has 30 heavy (non-hydrogen) atoms. The molecule has 1 aliphatic rings. The maximum atomic E-state index is 13.3. The Morgan fingerprint density at radius 1 is 0.800 bits per heavy atom.